The Morgan fingerprint density at radius 3 is 2.25 bits per heavy atom. The van der Waals surface area contributed by atoms with Gasteiger partial charge in [-0.15, -0.1) is 0 Å². The quantitative estimate of drug-likeness (QED) is 0.377. The third-order valence-electron chi connectivity index (χ3n) is 1.22. The number of primary amides is 1. The first-order valence-electron chi connectivity index (χ1n) is 2.56. The Bertz CT molecular complexity index is 97.5. The lowest BCUT2D eigenvalue weighted by Gasteiger charge is -1.96. The van der Waals surface area contributed by atoms with Gasteiger partial charge in [-0.25, -0.2) is 0 Å². The van der Waals surface area contributed by atoms with E-state index < -0.39 is 0 Å². The molecule has 1 rings (SSSR count). The largest absolute Gasteiger partial charge is 0.369 e. The standard InChI is InChI=1S/C4H9N3O/c5-4(8)3-1-6-7-2-3/h3,6-7H,1-2H2,(H2,5,8). The van der Waals surface area contributed by atoms with Crippen LogP contribution < -0.4 is 16.6 Å². The summed E-state index contributed by atoms with van der Waals surface area (Å²) in [5, 5.41) is 0. The predicted molar refractivity (Wildman–Crippen MR) is 28.7 cm³/mol. The Hall–Kier alpha value is -0.610. The summed E-state index contributed by atoms with van der Waals surface area (Å²) in [4.78, 5) is 10.3. The highest BCUT2D eigenvalue weighted by Crippen LogP contribution is 1.93. The fraction of sp³-hybridized carbons (Fsp3) is 0.750. The fourth-order valence-corrected chi connectivity index (χ4v) is 0.664. The van der Waals surface area contributed by atoms with Crippen LogP contribution in [0.15, 0.2) is 0 Å². The second kappa shape index (κ2) is 2.11. The van der Waals surface area contributed by atoms with Crippen LogP contribution >= 0.6 is 0 Å². The van der Waals surface area contributed by atoms with Gasteiger partial charge in [-0.1, -0.05) is 0 Å². The number of hydrazine groups is 1. The van der Waals surface area contributed by atoms with Crippen molar-refractivity contribution in [2.75, 3.05) is 13.1 Å². The minimum Gasteiger partial charge on any atom is -0.369 e. The molecule has 1 aliphatic rings. The number of amides is 1. The van der Waals surface area contributed by atoms with Crippen molar-refractivity contribution in [2.24, 2.45) is 11.7 Å². The molecule has 0 bridgehead atoms. The summed E-state index contributed by atoms with van der Waals surface area (Å²) in [5.74, 6) is -0.252. The zero-order chi connectivity index (χ0) is 5.98. The van der Waals surface area contributed by atoms with Crippen molar-refractivity contribution < 1.29 is 4.79 Å². The molecule has 0 spiro atoms. The van der Waals surface area contributed by atoms with E-state index in [2.05, 4.69) is 10.9 Å². The average Bonchev–Trinajstić information content (AvgIpc) is 2.12. The first-order chi connectivity index (χ1) is 3.80. The minimum atomic E-state index is -0.234. The van der Waals surface area contributed by atoms with Gasteiger partial charge in [-0.2, -0.15) is 0 Å². The lowest BCUT2D eigenvalue weighted by molar-refractivity contribution is -0.120. The highest BCUT2D eigenvalue weighted by atomic mass is 16.1. The van der Waals surface area contributed by atoms with Crippen LogP contribution in [-0.2, 0) is 4.79 Å². The molecule has 1 saturated heterocycles. The molecule has 0 saturated carbocycles. The Labute approximate surface area is 47.4 Å². The van der Waals surface area contributed by atoms with E-state index in [-0.39, 0.29) is 11.8 Å². The molecule has 0 radical (unpaired) electrons. The molecule has 0 aromatic rings. The van der Waals surface area contributed by atoms with Crippen LogP contribution in [0.4, 0.5) is 0 Å². The van der Waals surface area contributed by atoms with E-state index >= 15 is 0 Å². The van der Waals surface area contributed by atoms with Gasteiger partial charge in [-0.05, 0) is 0 Å². The maximum Gasteiger partial charge on any atom is 0.223 e. The average molecular weight is 115 g/mol. The van der Waals surface area contributed by atoms with Crippen molar-refractivity contribution >= 4 is 5.91 Å². The molecular weight excluding hydrogens is 106 g/mol. The van der Waals surface area contributed by atoms with Crippen molar-refractivity contribution in [3.05, 3.63) is 0 Å². The van der Waals surface area contributed by atoms with Gasteiger partial charge < -0.3 is 5.73 Å². The summed E-state index contributed by atoms with van der Waals surface area (Å²) in [6, 6.07) is 0. The SMILES string of the molecule is NC(=O)C1CNNC1. The lowest BCUT2D eigenvalue weighted by atomic mass is 10.1. The van der Waals surface area contributed by atoms with E-state index in [4.69, 9.17) is 5.73 Å². The zero-order valence-corrected chi connectivity index (χ0v) is 4.48. The second-order valence-electron chi connectivity index (χ2n) is 1.86. The van der Waals surface area contributed by atoms with Crippen molar-refractivity contribution in [3.63, 3.8) is 0 Å². The maximum atomic E-state index is 10.3. The molecular formula is C4H9N3O. The zero-order valence-electron chi connectivity index (χ0n) is 4.48. The number of rotatable bonds is 1. The van der Waals surface area contributed by atoms with Crippen LogP contribution in [0.25, 0.3) is 0 Å². The van der Waals surface area contributed by atoms with Gasteiger partial charge in [0.25, 0.3) is 0 Å². The third-order valence-corrected chi connectivity index (χ3v) is 1.22. The van der Waals surface area contributed by atoms with Crippen LogP contribution in [0.5, 0.6) is 0 Å². The number of carbonyl (C=O) groups is 1. The van der Waals surface area contributed by atoms with Crippen LogP contribution in [0, 0.1) is 5.92 Å². The van der Waals surface area contributed by atoms with Gasteiger partial charge in [0.2, 0.25) is 5.91 Å². The van der Waals surface area contributed by atoms with E-state index in [1.165, 1.54) is 0 Å². The van der Waals surface area contributed by atoms with Crippen LogP contribution in [-0.4, -0.2) is 19.0 Å². The van der Waals surface area contributed by atoms with Gasteiger partial charge in [0, 0.05) is 13.1 Å². The molecule has 1 aliphatic heterocycles. The smallest absolute Gasteiger partial charge is 0.223 e. The monoisotopic (exact) mass is 115 g/mol. The van der Waals surface area contributed by atoms with Crippen LogP contribution in [0.1, 0.15) is 0 Å². The number of nitrogens with two attached hydrogens (primary N) is 1. The summed E-state index contributed by atoms with van der Waals surface area (Å²) in [6.45, 7) is 1.32. The maximum absolute atomic E-state index is 10.3. The molecule has 0 aliphatic carbocycles. The summed E-state index contributed by atoms with van der Waals surface area (Å²) < 4.78 is 0. The number of carbonyl (C=O) groups excluding carboxylic acids is 1. The summed E-state index contributed by atoms with van der Waals surface area (Å²) in [7, 11) is 0. The predicted octanol–water partition coefficient (Wildman–Crippen LogP) is -1.80. The summed E-state index contributed by atoms with van der Waals surface area (Å²) in [5.41, 5.74) is 10.6. The normalized spacial score (nSPS) is 21.5. The lowest BCUT2D eigenvalue weighted by Crippen LogP contribution is -2.26. The Morgan fingerprint density at radius 1 is 1.50 bits per heavy atom. The highest BCUT2D eigenvalue weighted by molar-refractivity contribution is 5.77. The van der Waals surface area contributed by atoms with E-state index in [1.807, 2.05) is 0 Å². The fourth-order valence-electron chi connectivity index (χ4n) is 0.664. The van der Waals surface area contributed by atoms with E-state index in [1.54, 1.807) is 0 Å². The molecule has 0 atom stereocenters. The second-order valence-corrected chi connectivity index (χ2v) is 1.86. The molecule has 0 unspecified atom stereocenters. The number of hydrogen-bond donors (Lipinski definition) is 3. The molecule has 1 fully saturated rings. The number of hydrogen-bond acceptors (Lipinski definition) is 3. The van der Waals surface area contributed by atoms with E-state index in [0.717, 1.165) is 0 Å². The first-order valence-corrected chi connectivity index (χ1v) is 2.56. The third kappa shape index (κ3) is 0.962. The Balaban J connectivity index is 2.35. The van der Waals surface area contributed by atoms with Gasteiger partial charge >= 0.3 is 0 Å². The number of nitrogens with one attached hydrogen (secondary N) is 2. The highest BCUT2D eigenvalue weighted by Gasteiger charge is 2.18. The molecule has 4 heteroatoms. The van der Waals surface area contributed by atoms with Gasteiger partial charge in [0.05, 0.1) is 5.92 Å². The van der Waals surface area contributed by atoms with Crippen LogP contribution in [0.3, 0.4) is 0 Å². The van der Waals surface area contributed by atoms with E-state index in [0.29, 0.717) is 13.1 Å². The molecule has 4 N–H and O–H groups in total. The van der Waals surface area contributed by atoms with Gasteiger partial charge in [0.1, 0.15) is 0 Å². The molecule has 1 heterocycles. The van der Waals surface area contributed by atoms with Gasteiger partial charge in [0.15, 0.2) is 0 Å². The Morgan fingerprint density at radius 2 is 2.00 bits per heavy atom. The molecule has 1 amide bonds. The summed E-state index contributed by atoms with van der Waals surface area (Å²) >= 11 is 0. The molecule has 4 nitrogen and oxygen atoms in total. The van der Waals surface area contributed by atoms with Crippen molar-refractivity contribution in [3.8, 4) is 0 Å². The van der Waals surface area contributed by atoms with Crippen molar-refractivity contribution in [1.82, 2.24) is 10.9 Å². The minimum absolute atomic E-state index is 0.0185. The van der Waals surface area contributed by atoms with Crippen LogP contribution in [0.2, 0.25) is 0 Å². The van der Waals surface area contributed by atoms with E-state index in [9.17, 15) is 4.79 Å². The summed E-state index contributed by atoms with van der Waals surface area (Å²) in [6.07, 6.45) is 0. The first kappa shape index (κ1) is 5.53. The van der Waals surface area contributed by atoms with Crippen molar-refractivity contribution in [1.29, 1.82) is 0 Å². The molecule has 0 aromatic heterocycles. The molecule has 0 aromatic carbocycles. The topological polar surface area (TPSA) is 67.2 Å². The molecule has 46 valence electrons. The van der Waals surface area contributed by atoms with Gasteiger partial charge in [-0.3, -0.25) is 15.6 Å². The molecule has 8 heavy (non-hydrogen) atoms. The Kier molecular flexibility index (Phi) is 1.45. The van der Waals surface area contributed by atoms with Crippen molar-refractivity contribution in [2.45, 2.75) is 0 Å².